The molecule has 0 saturated heterocycles. The third-order valence-electron chi connectivity index (χ3n) is 8.71. The van der Waals surface area contributed by atoms with E-state index >= 15 is 0 Å². The predicted molar refractivity (Wildman–Crippen MR) is 127 cm³/mol. The number of aliphatic hydroxyl groups is 2. The van der Waals surface area contributed by atoms with Crippen LogP contribution in [-0.4, -0.2) is 22.4 Å². The van der Waals surface area contributed by atoms with Crippen molar-refractivity contribution in [2.24, 2.45) is 35.0 Å². The lowest BCUT2D eigenvalue weighted by molar-refractivity contribution is 0.0862. The summed E-state index contributed by atoms with van der Waals surface area (Å²) < 4.78 is 0. The molecule has 2 heteroatoms. The summed E-state index contributed by atoms with van der Waals surface area (Å²) in [5.41, 5.74) is 3.77. The Kier molecular flexibility index (Phi) is 7.51. The minimum absolute atomic E-state index is 0.385. The van der Waals surface area contributed by atoms with Crippen molar-refractivity contribution in [1.29, 1.82) is 0 Å². The lowest BCUT2D eigenvalue weighted by atomic mass is 9.61. The molecule has 2 nitrogen and oxygen atoms in total. The fourth-order valence-corrected chi connectivity index (χ4v) is 6.32. The van der Waals surface area contributed by atoms with Gasteiger partial charge in [0.15, 0.2) is 0 Å². The van der Waals surface area contributed by atoms with Gasteiger partial charge in [0.1, 0.15) is 0 Å². The van der Waals surface area contributed by atoms with Crippen molar-refractivity contribution in [1.82, 2.24) is 0 Å². The first-order valence-corrected chi connectivity index (χ1v) is 12.3. The number of fused-ring (bicyclic) bond motifs is 1. The van der Waals surface area contributed by atoms with E-state index in [0.29, 0.717) is 41.9 Å². The van der Waals surface area contributed by atoms with E-state index in [1.54, 1.807) is 5.57 Å². The molecule has 3 saturated carbocycles. The average Bonchev–Trinajstić information content (AvgIpc) is 3.04. The van der Waals surface area contributed by atoms with Crippen molar-refractivity contribution in [3.05, 3.63) is 47.6 Å². The Morgan fingerprint density at radius 2 is 1.80 bits per heavy atom. The third-order valence-corrected chi connectivity index (χ3v) is 8.71. The molecule has 0 aromatic heterocycles. The maximum atomic E-state index is 10.1. The fourth-order valence-electron chi connectivity index (χ4n) is 6.32. The van der Waals surface area contributed by atoms with Crippen molar-refractivity contribution in [3.8, 4) is 0 Å². The molecule has 30 heavy (non-hydrogen) atoms. The molecule has 0 amide bonds. The molecule has 7 atom stereocenters. The van der Waals surface area contributed by atoms with Crippen LogP contribution >= 0.6 is 0 Å². The minimum atomic E-state index is -0.605. The van der Waals surface area contributed by atoms with Gasteiger partial charge in [-0.2, -0.15) is 0 Å². The normalized spacial score (nSPS) is 39.8. The number of hydrogen-bond acceptors (Lipinski definition) is 2. The summed E-state index contributed by atoms with van der Waals surface area (Å²) in [6.45, 7) is 16.0. The SMILES string of the molecule is C=C1/C(=C/C=C2\CCC[C@@]3(C)[C@H]2CC[C@H]3[C@H](C)/C=C/[C@@H](C)C(C)C)C[C@H](O)C[C@@H]1O. The Bertz CT molecular complexity index is 712. The Hall–Kier alpha value is -1.12. The van der Waals surface area contributed by atoms with Gasteiger partial charge in [-0.1, -0.05) is 71.1 Å². The number of aliphatic hydroxyl groups excluding tert-OH is 2. The van der Waals surface area contributed by atoms with Gasteiger partial charge in [-0.15, -0.1) is 0 Å². The van der Waals surface area contributed by atoms with Crippen LogP contribution in [0.2, 0.25) is 0 Å². The first-order valence-electron chi connectivity index (χ1n) is 12.3. The van der Waals surface area contributed by atoms with E-state index in [4.69, 9.17) is 0 Å². The minimum Gasteiger partial charge on any atom is -0.393 e. The van der Waals surface area contributed by atoms with E-state index < -0.39 is 12.2 Å². The number of rotatable bonds is 5. The van der Waals surface area contributed by atoms with E-state index in [9.17, 15) is 10.2 Å². The highest BCUT2D eigenvalue weighted by molar-refractivity contribution is 5.38. The second-order valence-electron chi connectivity index (χ2n) is 11.0. The summed E-state index contributed by atoms with van der Waals surface area (Å²) in [5, 5.41) is 20.2. The highest BCUT2D eigenvalue weighted by atomic mass is 16.3. The molecule has 0 aromatic rings. The van der Waals surface area contributed by atoms with Crippen LogP contribution in [0.25, 0.3) is 0 Å². The maximum absolute atomic E-state index is 10.1. The molecular weight excluding hydrogens is 368 g/mol. The Morgan fingerprint density at radius 3 is 2.50 bits per heavy atom. The fraction of sp³-hybridized carbons (Fsp3) is 0.714. The predicted octanol–water partition coefficient (Wildman–Crippen LogP) is 6.61. The van der Waals surface area contributed by atoms with Crippen molar-refractivity contribution >= 4 is 0 Å². The summed E-state index contributed by atoms with van der Waals surface area (Å²) in [6.07, 6.45) is 15.8. The third kappa shape index (κ3) is 4.86. The maximum Gasteiger partial charge on any atom is 0.0811 e. The van der Waals surface area contributed by atoms with Gasteiger partial charge < -0.3 is 10.2 Å². The Morgan fingerprint density at radius 1 is 1.07 bits per heavy atom. The quantitative estimate of drug-likeness (QED) is 0.499. The molecule has 0 aliphatic heterocycles. The van der Waals surface area contributed by atoms with Gasteiger partial charge in [0, 0.05) is 6.42 Å². The van der Waals surface area contributed by atoms with Gasteiger partial charge in [-0.25, -0.2) is 0 Å². The molecule has 0 unspecified atom stereocenters. The largest absolute Gasteiger partial charge is 0.393 e. The van der Waals surface area contributed by atoms with Crippen LogP contribution in [0.15, 0.2) is 47.6 Å². The number of hydrogen-bond donors (Lipinski definition) is 2. The lowest BCUT2D eigenvalue weighted by Gasteiger charge is -2.44. The van der Waals surface area contributed by atoms with Crippen LogP contribution in [0.4, 0.5) is 0 Å². The van der Waals surface area contributed by atoms with Gasteiger partial charge in [0.25, 0.3) is 0 Å². The van der Waals surface area contributed by atoms with Gasteiger partial charge in [-0.05, 0) is 84.7 Å². The molecule has 168 valence electrons. The highest BCUT2D eigenvalue weighted by Gasteiger charge is 2.50. The first kappa shape index (κ1) is 23.5. The van der Waals surface area contributed by atoms with Crippen molar-refractivity contribution in [3.63, 3.8) is 0 Å². The van der Waals surface area contributed by atoms with Crippen LogP contribution in [0.1, 0.15) is 79.6 Å². The van der Waals surface area contributed by atoms with Crippen LogP contribution in [0.3, 0.4) is 0 Å². The zero-order valence-electron chi connectivity index (χ0n) is 19.9. The van der Waals surface area contributed by atoms with Crippen LogP contribution in [0.5, 0.6) is 0 Å². The van der Waals surface area contributed by atoms with Gasteiger partial charge in [0.2, 0.25) is 0 Å². The van der Waals surface area contributed by atoms with E-state index in [1.165, 1.54) is 32.1 Å². The molecule has 2 N–H and O–H groups in total. The average molecular weight is 413 g/mol. The van der Waals surface area contributed by atoms with Crippen LogP contribution < -0.4 is 0 Å². The summed E-state index contributed by atoms with van der Waals surface area (Å²) in [4.78, 5) is 0. The monoisotopic (exact) mass is 412 g/mol. The molecule has 3 rings (SSSR count). The molecule has 0 spiro atoms. The Labute approximate surface area is 184 Å². The van der Waals surface area contributed by atoms with Crippen molar-refractivity contribution < 1.29 is 10.2 Å². The lowest BCUT2D eigenvalue weighted by Crippen LogP contribution is -2.35. The molecule has 3 aliphatic rings. The van der Waals surface area contributed by atoms with Crippen molar-refractivity contribution in [2.45, 2.75) is 91.8 Å². The van der Waals surface area contributed by atoms with E-state index in [0.717, 1.165) is 17.1 Å². The van der Waals surface area contributed by atoms with Gasteiger partial charge in [0.05, 0.1) is 12.2 Å². The van der Waals surface area contributed by atoms with Crippen LogP contribution in [-0.2, 0) is 0 Å². The number of allylic oxidation sites excluding steroid dienone is 5. The summed E-state index contributed by atoms with van der Waals surface area (Å²) >= 11 is 0. The molecule has 3 aliphatic carbocycles. The zero-order chi connectivity index (χ0) is 22.1. The zero-order valence-corrected chi connectivity index (χ0v) is 19.9. The molecule has 0 heterocycles. The molecular formula is C28H44O2. The second kappa shape index (κ2) is 9.57. The van der Waals surface area contributed by atoms with E-state index in [2.05, 4.69) is 65.5 Å². The topological polar surface area (TPSA) is 40.5 Å². The highest BCUT2D eigenvalue weighted by Crippen LogP contribution is 2.59. The molecule has 0 radical (unpaired) electrons. The summed E-state index contributed by atoms with van der Waals surface area (Å²) in [7, 11) is 0. The van der Waals surface area contributed by atoms with E-state index in [-0.39, 0.29) is 0 Å². The van der Waals surface area contributed by atoms with Gasteiger partial charge >= 0.3 is 0 Å². The van der Waals surface area contributed by atoms with Crippen LogP contribution in [0, 0.1) is 35.0 Å². The molecule has 3 fully saturated rings. The van der Waals surface area contributed by atoms with Gasteiger partial charge in [-0.3, -0.25) is 0 Å². The van der Waals surface area contributed by atoms with Crippen molar-refractivity contribution in [2.75, 3.05) is 0 Å². The Balaban J connectivity index is 1.76. The standard InChI is InChI=1S/C28H44O2/c1-18(2)19(3)9-10-20(4)25-13-14-26-22(8-7-15-28(25,26)6)11-12-23-16-24(29)17-27(30)21(23)5/h9-12,18-20,24-27,29-30H,5,7-8,13-17H2,1-4,6H3/b10-9+,22-11+,23-12+/t19-,20-,24+,25+,26+,27+,28-/m1/s1. The molecule has 0 bridgehead atoms. The summed E-state index contributed by atoms with van der Waals surface area (Å²) in [5.74, 6) is 3.38. The second-order valence-corrected chi connectivity index (χ2v) is 11.0. The summed E-state index contributed by atoms with van der Waals surface area (Å²) in [6, 6.07) is 0. The smallest absolute Gasteiger partial charge is 0.0811 e. The van der Waals surface area contributed by atoms with E-state index in [1.807, 2.05) is 0 Å². The molecule has 0 aromatic carbocycles. The first-order chi connectivity index (χ1) is 14.1.